The number of thiophene rings is 1. The van der Waals surface area contributed by atoms with Crippen molar-refractivity contribution in [3.05, 3.63) is 51.2 Å². The Labute approximate surface area is 158 Å². The van der Waals surface area contributed by atoms with Gasteiger partial charge >= 0.3 is 0 Å². The maximum absolute atomic E-state index is 13.1. The van der Waals surface area contributed by atoms with Gasteiger partial charge in [-0.25, -0.2) is 13.8 Å². The molecule has 3 heterocycles. The fraction of sp³-hybridized carbons (Fsp3) is 0.333. The number of hydrogen-bond donors (Lipinski definition) is 0. The summed E-state index contributed by atoms with van der Waals surface area (Å²) < 4.78 is 27.5. The van der Waals surface area contributed by atoms with E-state index < -0.39 is 6.43 Å². The molecule has 27 heavy (non-hydrogen) atoms. The first-order valence-electron chi connectivity index (χ1n) is 8.43. The molecule has 0 atom stereocenters. The molecule has 1 fully saturated rings. The summed E-state index contributed by atoms with van der Waals surface area (Å²) >= 11 is 1.45. The van der Waals surface area contributed by atoms with E-state index in [-0.39, 0.29) is 23.4 Å². The van der Waals surface area contributed by atoms with Crippen molar-refractivity contribution in [3.8, 4) is 0 Å². The van der Waals surface area contributed by atoms with Crippen molar-refractivity contribution >= 4 is 29.1 Å². The van der Waals surface area contributed by atoms with E-state index in [1.54, 1.807) is 11.9 Å². The monoisotopic (exact) mass is 389 g/mol. The first kappa shape index (κ1) is 17.7. The highest BCUT2D eigenvalue weighted by Gasteiger charge is 2.31. The van der Waals surface area contributed by atoms with E-state index in [0.717, 1.165) is 16.0 Å². The molecule has 1 amide bonds. The van der Waals surface area contributed by atoms with Crippen molar-refractivity contribution in [2.75, 3.05) is 7.05 Å². The van der Waals surface area contributed by atoms with E-state index >= 15 is 0 Å². The quantitative estimate of drug-likeness (QED) is 0.682. The second-order valence-corrected chi connectivity index (χ2v) is 7.56. The lowest BCUT2D eigenvalue weighted by Crippen LogP contribution is -2.42. The van der Waals surface area contributed by atoms with Gasteiger partial charge in [0.1, 0.15) is 12.0 Å². The Bertz CT molecular complexity index is 1030. The van der Waals surface area contributed by atoms with Crippen molar-refractivity contribution in [2.45, 2.75) is 32.2 Å². The van der Waals surface area contributed by atoms with Crippen LogP contribution in [0.3, 0.4) is 0 Å². The molecule has 0 bridgehead atoms. The summed E-state index contributed by atoms with van der Waals surface area (Å²) in [6, 6.07) is 3.33. The summed E-state index contributed by atoms with van der Waals surface area (Å²) in [5.74, 6) is 0.163. The highest BCUT2D eigenvalue weighted by molar-refractivity contribution is 7.12. The van der Waals surface area contributed by atoms with Crippen molar-refractivity contribution in [2.24, 2.45) is 0 Å². The van der Waals surface area contributed by atoms with Crippen molar-refractivity contribution < 1.29 is 13.6 Å². The third-order valence-electron chi connectivity index (χ3n) is 4.68. The molecule has 3 aromatic heterocycles. The van der Waals surface area contributed by atoms with Gasteiger partial charge < -0.3 is 4.90 Å². The van der Waals surface area contributed by atoms with Crippen LogP contribution in [-0.2, 0) is 0 Å². The minimum absolute atomic E-state index is 0.0136. The van der Waals surface area contributed by atoms with Gasteiger partial charge in [-0.05, 0) is 48.9 Å². The van der Waals surface area contributed by atoms with Crippen LogP contribution >= 0.6 is 11.3 Å². The first-order valence-corrected chi connectivity index (χ1v) is 9.31. The molecule has 140 valence electrons. The van der Waals surface area contributed by atoms with E-state index in [4.69, 9.17) is 0 Å². The van der Waals surface area contributed by atoms with Gasteiger partial charge in [0, 0.05) is 13.1 Å². The fourth-order valence-corrected chi connectivity index (χ4v) is 3.98. The number of aromatic nitrogens is 4. The van der Waals surface area contributed by atoms with Gasteiger partial charge in [-0.2, -0.15) is 14.6 Å². The van der Waals surface area contributed by atoms with Crippen LogP contribution in [0.5, 0.6) is 0 Å². The van der Waals surface area contributed by atoms with Crippen LogP contribution in [0.2, 0.25) is 0 Å². The topological polar surface area (TPSA) is 63.4 Å². The Morgan fingerprint density at radius 3 is 2.85 bits per heavy atom. The zero-order valence-electron chi connectivity index (χ0n) is 14.8. The fourth-order valence-electron chi connectivity index (χ4n) is 3.10. The highest BCUT2D eigenvalue weighted by atomic mass is 32.1. The van der Waals surface area contributed by atoms with Gasteiger partial charge in [0.25, 0.3) is 18.1 Å². The van der Waals surface area contributed by atoms with Crippen LogP contribution < -0.4 is 0 Å². The number of amides is 1. The number of nitrogens with zero attached hydrogens (tertiary/aromatic N) is 5. The van der Waals surface area contributed by atoms with Crippen LogP contribution in [0.15, 0.2) is 29.4 Å². The minimum Gasteiger partial charge on any atom is -0.337 e. The zero-order chi connectivity index (χ0) is 19.1. The normalized spacial score (nSPS) is 16.6. The van der Waals surface area contributed by atoms with Gasteiger partial charge in [0.2, 0.25) is 0 Å². The summed E-state index contributed by atoms with van der Waals surface area (Å²) in [7, 11) is 1.80. The minimum atomic E-state index is -2.67. The molecule has 4 rings (SSSR count). The van der Waals surface area contributed by atoms with E-state index in [2.05, 4.69) is 15.1 Å². The van der Waals surface area contributed by atoms with Gasteiger partial charge in [-0.15, -0.1) is 11.3 Å². The molecule has 0 aliphatic heterocycles. The Morgan fingerprint density at radius 2 is 2.19 bits per heavy atom. The van der Waals surface area contributed by atoms with Crippen LogP contribution in [0.1, 0.15) is 45.9 Å². The smallest absolute Gasteiger partial charge is 0.280 e. The molecule has 0 unspecified atom stereocenters. The SMILES string of the molecule is Cc1csc(C(=O)N(C)C2CC(=Cc3cc(C(F)F)nc4ncnn34)C2)c1. The molecule has 3 aromatic rings. The van der Waals surface area contributed by atoms with Crippen LogP contribution in [0, 0.1) is 6.92 Å². The first-order chi connectivity index (χ1) is 12.9. The molecular formula is C18H17F2N5OS. The number of carbonyl (C=O) groups excluding carboxylic acids is 1. The largest absolute Gasteiger partial charge is 0.337 e. The van der Waals surface area contributed by atoms with Gasteiger partial charge in [-0.3, -0.25) is 4.79 Å². The molecule has 1 aliphatic carbocycles. The third kappa shape index (κ3) is 3.34. The maximum Gasteiger partial charge on any atom is 0.280 e. The van der Waals surface area contributed by atoms with Crippen LogP contribution in [-0.4, -0.2) is 43.5 Å². The molecule has 0 saturated heterocycles. The summed E-state index contributed by atoms with van der Waals surface area (Å²) in [4.78, 5) is 22.7. The lowest BCUT2D eigenvalue weighted by molar-refractivity contribution is 0.0704. The van der Waals surface area contributed by atoms with Crippen molar-refractivity contribution in [1.29, 1.82) is 0 Å². The van der Waals surface area contributed by atoms with E-state index in [1.807, 2.05) is 24.4 Å². The number of rotatable bonds is 4. The average molecular weight is 389 g/mol. The average Bonchev–Trinajstić information content (AvgIpc) is 3.24. The molecule has 0 spiro atoms. The summed E-state index contributed by atoms with van der Waals surface area (Å²) in [6.45, 7) is 1.96. The number of carbonyl (C=O) groups is 1. The zero-order valence-corrected chi connectivity index (χ0v) is 15.6. The molecule has 0 radical (unpaired) electrons. The van der Waals surface area contributed by atoms with Gasteiger partial charge in [-0.1, -0.05) is 5.57 Å². The predicted octanol–water partition coefficient (Wildman–Crippen LogP) is 3.75. The maximum atomic E-state index is 13.1. The van der Waals surface area contributed by atoms with E-state index in [1.165, 1.54) is 28.2 Å². The molecule has 0 aromatic carbocycles. The van der Waals surface area contributed by atoms with E-state index in [9.17, 15) is 13.6 Å². The van der Waals surface area contributed by atoms with Gasteiger partial charge in [0.15, 0.2) is 0 Å². The molecule has 1 saturated carbocycles. The number of hydrogen-bond acceptors (Lipinski definition) is 5. The third-order valence-corrected chi connectivity index (χ3v) is 5.72. The highest BCUT2D eigenvalue weighted by Crippen LogP contribution is 2.33. The molecule has 9 heteroatoms. The lowest BCUT2D eigenvalue weighted by atomic mass is 9.84. The summed E-state index contributed by atoms with van der Waals surface area (Å²) in [5.41, 5.74) is 2.35. The molecule has 1 aliphatic rings. The van der Waals surface area contributed by atoms with Crippen LogP contribution in [0.4, 0.5) is 8.78 Å². The standard InChI is InChI=1S/C18H17F2N5OS/c1-10-3-15(27-8-10)17(26)24(2)12-4-11(5-12)6-13-7-14(16(19)20)23-18-21-9-22-25(13)18/h3,6-9,12,16H,4-5H2,1-2H3. The van der Waals surface area contributed by atoms with Crippen molar-refractivity contribution in [1.82, 2.24) is 24.5 Å². The Kier molecular flexibility index (Phi) is 4.47. The second kappa shape index (κ2) is 6.80. The molecule has 0 N–H and O–H groups in total. The van der Waals surface area contributed by atoms with Crippen molar-refractivity contribution in [3.63, 3.8) is 0 Å². The van der Waals surface area contributed by atoms with Crippen LogP contribution in [0.25, 0.3) is 11.9 Å². The predicted molar refractivity (Wildman–Crippen MR) is 97.9 cm³/mol. The van der Waals surface area contributed by atoms with E-state index in [0.29, 0.717) is 18.5 Å². The Hall–Kier alpha value is -2.68. The number of aryl methyl sites for hydroxylation is 1. The second-order valence-electron chi connectivity index (χ2n) is 6.65. The number of alkyl halides is 2. The molecular weight excluding hydrogens is 372 g/mol. The Morgan fingerprint density at radius 1 is 1.41 bits per heavy atom. The Balaban J connectivity index is 1.51. The number of halogens is 2. The van der Waals surface area contributed by atoms with Gasteiger partial charge in [0.05, 0.1) is 10.6 Å². The number of fused-ring (bicyclic) bond motifs is 1. The summed E-state index contributed by atoms with van der Waals surface area (Å²) in [6.07, 6.45) is 1.86. The summed E-state index contributed by atoms with van der Waals surface area (Å²) in [5, 5.41) is 6.00. The molecule has 6 nitrogen and oxygen atoms in total. The lowest BCUT2D eigenvalue weighted by Gasteiger charge is -2.37.